The fourth-order valence-electron chi connectivity index (χ4n) is 2.28. The van der Waals surface area contributed by atoms with Crippen LogP contribution >= 0.6 is 0 Å². The molecular weight excluding hydrogens is 288 g/mol. The van der Waals surface area contributed by atoms with E-state index in [0.717, 1.165) is 25.2 Å². The average molecular weight is 306 g/mol. The van der Waals surface area contributed by atoms with Crippen molar-refractivity contribution in [2.45, 2.75) is 18.8 Å². The van der Waals surface area contributed by atoms with Crippen molar-refractivity contribution in [1.82, 2.24) is 10.2 Å². The minimum absolute atomic E-state index is 0.000560. The second-order valence-electron chi connectivity index (χ2n) is 5.23. The summed E-state index contributed by atoms with van der Waals surface area (Å²) in [5.41, 5.74) is -0.695. The average Bonchev–Trinajstić information content (AvgIpc) is 2.37. The first kappa shape index (κ1) is 16.2. The van der Waals surface area contributed by atoms with Crippen LogP contribution in [-0.4, -0.2) is 44.3 Å². The summed E-state index contributed by atoms with van der Waals surface area (Å²) >= 11 is 0. The first-order valence-corrected chi connectivity index (χ1v) is 6.72. The number of nitrogens with one attached hydrogen (secondary N) is 1. The van der Waals surface area contributed by atoms with E-state index in [1.807, 2.05) is 7.05 Å². The summed E-state index contributed by atoms with van der Waals surface area (Å²) in [6.07, 6.45) is -4.54. The van der Waals surface area contributed by atoms with Gasteiger partial charge in [-0.3, -0.25) is 0 Å². The maximum atomic E-state index is 13.2. The summed E-state index contributed by atoms with van der Waals surface area (Å²) in [6, 6.07) is 2.57. The van der Waals surface area contributed by atoms with Gasteiger partial charge in [0.15, 0.2) is 0 Å². The molecule has 1 aromatic rings. The van der Waals surface area contributed by atoms with E-state index in [4.69, 9.17) is 4.74 Å². The molecule has 1 fully saturated rings. The summed E-state index contributed by atoms with van der Waals surface area (Å²) in [7, 11) is 1.98. The Labute approximate surface area is 120 Å². The highest BCUT2D eigenvalue weighted by Gasteiger charge is 2.31. The van der Waals surface area contributed by atoms with Crippen LogP contribution in [0.15, 0.2) is 18.2 Å². The topological polar surface area (TPSA) is 24.5 Å². The summed E-state index contributed by atoms with van der Waals surface area (Å²) in [4.78, 5) is 2.12. The number of hydrogen-bond acceptors (Lipinski definition) is 3. The Morgan fingerprint density at radius 2 is 2.10 bits per heavy atom. The van der Waals surface area contributed by atoms with Crippen LogP contribution in [0.2, 0.25) is 0 Å². The first-order chi connectivity index (χ1) is 9.84. The molecule has 0 spiro atoms. The lowest BCUT2D eigenvalue weighted by Gasteiger charge is -2.30. The third kappa shape index (κ3) is 4.94. The standard InChI is InChI=1S/C14H18F4N2O/c1-20-2-3-21-13(9-20)8-19-7-10-4-11(14(16,17)18)6-12(15)5-10/h4-6,13,19H,2-3,7-9H2,1H3. The Morgan fingerprint density at radius 1 is 1.33 bits per heavy atom. The molecule has 21 heavy (non-hydrogen) atoms. The van der Waals surface area contributed by atoms with Crippen molar-refractivity contribution in [2.75, 3.05) is 33.3 Å². The quantitative estimate of drug-likeness (QED) is 0.864. The highest BCUT2D eigenvalue weighted by atomic mass is 19.4. The van der Waals surface area contributed by atoms with Crippen molar-refractivity contribution >= 4 is 0 Å². The van der Waals surface area contributed by atoms with Crippen molar-refractivity contribution in [2.24, 2.45) is 0 Å². The molecule has 0 bridgehead atoms. The zero-order valence-corrected chi connectivity index (χ0v) is 11.7. The fourth-order valence-corrected chi connectivity index (χ4v) is 2.28. The van der Waals surface area contributed by atoms with Gasteiger partial charge in [0.1, 0.15) is 5.82 Å². The zero-order chi connectivity index (χ0) is 15.5. The summed E-state index contributed by atoms with van der Waals surface area (Å²) < 4.78 is 56.5. The van der Waals surface area contributed by atoms with Gasteiger partial charge in [0.2, 0.25) is 0 Å². The normalized spacial score (nSPS) is 20.7. The van der Waals surface area contributed by atoms with Gasteiger partial charge in [0, 0.05) is 26.2 Å². The number of rotatable bonds is 4. The number of nitrogens with zero attached hydrogens (tertiary/aromatic N) is 1. The number of morpholine rings is 1. The monoisotopic (exact) mass is 306 g/mol. The second-order valence-corrected chi connectivity index (χ2v) is 5.23. The molecule has 0 radical (unpaired) electrons. The second kappa shape index (κ2) is 6.72. The van der Waals surface area contributed by atoms with Crippen molar-refractivity contribution in [1.29, 1.82) is 0 Å². The first-order valence-electron chi connectivity index (χ1n) is 6.72. The van der Waals surface area contributed by atoms with Gasteiger partial charge >= 0.3 is 6.18 Å². The molecule has 118 valence electrons. The smallest absolute Gasteiger partial charge is 0.374 e. The molecule has 1 saturated heterocycles. The fraction of sp³-hybridized carbons (Fsp3) is 0.571. The maximum absolute atomic E-state index is 13.2. The van der Waals surface area contributed by atoms with E-state index >= 15 is 0 Å². The lowest BCUT2D eigenvalue weighted by Crippen LogP contribution is -2.44. The van der Waals surface area contributed by atoms with Gasteiger partial charge in [-0.1, -0.05) is 0 Å². The maximum Gasteiger partial charge on any atom is 0.416 e. The van der Waals surface area contributed by atoms with E-state index in [1.54, 1.807) is 0 Å². The van der Waals surface area contributed by atoms with Crippen molar-refractivity contribution in [3.05, 3.63) is 35.1 Å². The third-order valence-corrected chi connectivity index (χ3v) is 3.33. The molecule has 2 rings (SSSR count). The van der Waals surface area contributed by atoms with Gasteiger partial charge in [-0.15, -0.1) is 0 Å². The molecule has 7 heteroatoms. The van der Waals surface area contributed by atoms with Crippen LogP contribution in [0.4, 0.5) is 17.6 Å². The lowest BCUT2D eigenvalue weighted by atomic mass is 10.1. The van der Waals surface area contributed by atoms with E-state index in [2.05, 4.69) is 10.2 Å². The highest BCUT2D eigenvalue weighted by Crippen LogP contribution is 2.30. The third-order valence-electron chi connectivity index (χ3n) is 3.33. The van der Waals surface area contributed by atoms with Gasteiger partial charge < -0.3 is 15.0 Å². The Kier molecular flexibility index (Phi) is 5.18. The lowest BCUT2D eigenvalue weighted by molar-refractivity contribution is -0.137. The van der Waals surface area contributed by atoms with Crippen LogP contribution in [0.25, 0.3) is 0 Å². The molecule has 0 saturated carbocycles. The molecule has 1 aliphatic rings. The van der Waals surface area contributed by atoms with Gasteiger partial charge in [0.25, 0.3) is 0 Å². The van der Waals surface area contributed by atoms with E-state index in [1.165, 1.54) is 0 Å². The predicted molar refractivity (Wildman–Crippen MR) is 70.3 cm³/mol. The SMILES string of the molecule is CN1CCOC(CNCc2cc(F)cc(C(F)(F)F)c2)C1. The van der Waals surface area contributed by atoms with E-state index in [0.29, 0.717) is 19.2 Å². The highest BCUT2D eigenvalue weighted by molar-refractivity contribution is 5.26. The van der Waals surface area contributed by atoms with Gasteiger partial charge in [-0.2, -0.15) is 13.2 Å². The van der Waals surface area contributed by atoms with Crippen LogP contribution in [0, 0.1) is 5.82 Å². The Hall–Kier alpha value is -1.18. The van der Waals surface area contributed by atoms with Gasteiger partial charge in [-0.05, 0) is 30.8 Å². The Balaban J connectivity index is 1.89. The number of benzene rings is 1. The molecule has 0 amide bonds. The van der Waals surface area contributed by atoms with E-state index in [-0.39, 0.29) is 18.2 Å². The van der Waals surface area contributed by atoms with Crippen LogP contribution < -0.4 is 5.32 Å². The van der Waals surface area contributed by atoms with Gasteiger partial charge in [-0.25, -0.2) is 4.39 Å². The summed E-state index contributed by atoms with van der Waals surface area (Å²) in [5.74, 6) is -0.879. The molecule has 1 N–H and O–H groups in total. The number of ether oxygens (including phenoxy) is 1. The van der Waals surface area contributed by atoms with Crippen molar-refractivity contribution in [3.8, 4) is 0 Å². The number of alkyl halides is 3. The summed E-state index contributed by atoms with van der Waals surface area (Å²) in [6.45, 7) is 2.97. The largest absolute Gasteiger partial charge is 0.416 e. The number of halogens is 4. The molecule has 1 heterocycles. The molecule has 0 aliphatic carbocycles. The Bertz CT molecular complexity index is 479. The molecule has 1 aliphatic heterocycles. The number of likely N-dealkylation sites (N-methyl/N-ethyl adjacent to an activating group) is 1. The molecule has 1 unspecified atom stereocenters. The summed E-state index contributed by atoms with van der Waals surface area (Å²) in [5, 5.41) is 3.01. The number of hydrogen-bond donors (Lipinski definition) is 1. The van der Waals surface area contributed by atoms with Crippen LogP contribution in [-0.2, 0) is 17.5 Å². The zero-order valence-electron chi connectivity index (χ0n) is 11.7. The van der Waals surface area contributed by atoms with E-state index < -0.39 is 17.6 Å². The van der Waals surface area contributed by atoms with E-state index in [9.17, 15) is 17.6 Å². The minimum Gasteiger partial charge on any atom is -0.374 e. The Morgan fingerprint density at radius 3 is 2.76 bits per heavy atom. The molecule has 3 nitrogen and oxygen atoms in total. The predicted octanol–water partition coefficient (Wildman–Crippen LogP) is 2.26. The van der Waals surface area contributed by atoms with Crippen LogP contribution in [0.1, 0.15) is 11.1 Å². The van der Waals surface area contributed by atoms with Crippen LogP contribution in [0.3, 0.4) is 0 Å². The van der Waals surface area contributed by atoms with Crippen molar-refractivity contribution < 1.29 is 22.3 Å². The van der Waals surface area contributed by atoms with Crippen molar-refractivity contribution in [3.63, 3.8) is 0 Å². The molecule has 0 aromatic heterocycles. The minimum atomic E-state index is -4.54. The molecule has 1 aromatic carbocycles. The molecular formula is C14H18F4N2O. The molecule has 1 atom stereocenters. The van der Waals surface area contributed by atoms with Gasteiger partial charge in [0.05, 0.1) is 18.3 Å². The van der Waals surface area contributed by atoms with Crippen LogP contribution in [0.5, 0.6) is 0 Å².